The molecule has 1 heterocycles. The standard InChI is InChI=1S/C18H18FNO3/c1-10-15(18(22)23-2)16(11-5-3-6-12(19)9-11)17-13(20-10)7-4-8-14(17)21/h3,5-6,9,16,20H,4,7-8H2,1-2H3/t16-/m0/s1. The van der Waals surface area contributed by atoms with Gasteiger partial charge >= 0.3 is 5.97 Å². The summed E-state index contributed by atoms with van der Waals surface area (Å²) >= 11 is 0. The molecule has 5 heteroatoms. The number of hydrogen-bond donors (Lipinski definition) is 1. The summed E-state index contributed by atoms with van der Waals surface area (Å²) in [5.41, 5.74) is 3.01. The molecule has 0 amide bonds. The molecule has 1 atom stereocenters. The lowest BCUT2D eigenvalue weighted by Gasteiger charge is -2.34. The number of nitrogens with one attached hydrogen (secondary N) is 1. The van der Waals surface area contributed by atoms with Crippen LogP contribution in [-0.4, -0.2) is 18.9 Å². The number of esters is 1. The van der Waals surface area contributed by atoms with Gasteiger partial charge in [0.1, 0.15) is 5.82 Å². The summed E-state index contributed by atoms with van der Waals surface area (Å²) in [6, 6.07) is 6.04. The zero-order valence-electron chi connectivity index (χ0n) is 13.1. The molecule has 0 saturated heterocycles. The third-order valence-corrected chi connectivity index (χ3v) is 4.36. The Hall–Kier alpha value is -2.43. The van der Waals surface area contributed by atoms with Crippen LogP contribution < -0.4 is 5.32 Å². The number of rotatable bonds is 2. The number of allylic oxidation sites excluding steroid dienone is 3. The number of benzene rings is 1. The minimum absolute atomic E-state index is 0.00177. The van der Waals surface area contributed by atoms with Crippen LogP contribution in [0.4, 0.5) is 4.39 Å². The first-order valence-electron chi connectivity index (χ1n) is 7.60. The SMILES string of the molecule is COC(=O)C1=C(C)NC2=C(C(=O)CCC2)[C@H]1c1cccc(F)c1. The first kappa shape index (κ1) is 15.5. The molecule has 0 fully saturated rings. The van der Waals surface area contributed by atoms with Gasteiger partial charge in [0.15, 0.2) is 5.78 Å². The summed E-state index contributed by atoms with van der Waals surface area (Å²) in [6.45, 7) is 1.78. The Balaban J connectivity index is 2.20. The molecule has 1 aliphatic heterocycles. The molecule has 1 aliphatic carbocycles. The molecule has 1 N–H and O–H groups in total. The maximum Gasteiger partial charge on any atom is 0.336 e. The van der Waals surface area contributed by atoms with Crippen LogP contribution in [0.1, 0.15) is 37.7 Å². The van der Waals surface area contributed by atoms with E-state index in [1.807, 2.05) is 0 Å². The summed E-state index contributed by atoms with van der Waals surface area (Å²) in [5.74, 6) is -1.48. The average Bonchev–Trinajstić information content (AvgIpc) is 2.53. The van der Waals surface area contributed by atoms with Crippen LogP contribution in [0.2, 0.25) is 0 Å². The van der Waals surface area contributed by atoms with Crippen molar-refractivity contribution in [2.75, 3.05) is 7.11 Å². The highest BCUT2D eigenvalue weighted by molar-refractivity contribution is 6.03. The predicted octanol–water partition coefficient (Wildman–Crippen LogP) is 2.97. The first-order chi connectivity index (χ1) is 11.0. The zero-order chi connectivity index (χ0) is 16.6. The molecule has 0 bridgehead atoms. The van der Waals surface area contributed by atoms with E-state index in [4.69, 9.17) is 4.74 Å². The summed E-state index contributed by atoms with van der Waals surface area (Å²) in [6.07, 6.45) is 1.97. The molecule has 0 unspecified atom stereocenters. The van der Waals surface area contributed by atoms with Crippen molar-refractivity contribution in [1.82, 2.24) is 5.32 Å². The Labute approximate surface area is 134 Å². The lowest BCUT2D eigenvalue weighted by molar-refractivity contribution is -0.136. The zero-order valence-corrected chi connectivity index (χ0v) is 13.1. The molecule has 120 valence electrons. The predicted molar refractivity (Wildman–Crippen MR) is 82.9 cm³/mol. The number of ketones is 1. The quantitative estimate of drug-likeness (QED) is 0.853. The number of hydrogen-bond acceptors (Lipinski definition) is 4. The van der Waals surface area contributed by atoms with E-state index in [2.05, 4.69) is 5.32 Å². The van der Waals surface area contributed by atoms with Gasteiger partial charge in [-0.3, -0.25) is 4.79 Å². The average molecular weight is 315 g/mol. The van der Waals surface area contributed by atoms with Gasteiger partial charge < -0.3 is 10.1 Å². The fraction of sp³-hybridized carbons (Fsp3) is 0.333. The van der Waals surface area contributed by atoms with Gasteiger partial charge in [0.05, 0.1) is 12.7 Å². The second-order valence-corrected chi connectivity index (χ2v) is 5.81. The summed E-state index contributed by atoms with van der Waals surface area (Å²) in [4.78, 5) is 24.8. The van der Waals surface area contributed by atoms with E-state index in [-0.39, 0.29) is 5.78 Å². The molecule has 0 saturated carbocycles. The number of ether oxygens (including phenoxy) is 1. The van der Waals surface area contributed by atoms with Gasteiger partial charge in [-0.15, -0.1) is 0 Å². The van der Waals surface area contributed by atoms with E-state index in [1.54, 1.807) is 19.1 Å². The fourth-order valence-corrected chi connectivity index (χ4v) is 3.38. The van der Waals surface area contributed by atoms with Crippen LogP contribution in [-0.2, 0) is 14.3 Å². The van der Waals surface area contributed by atoms with Crippen LogP contribution in [0, 0.1) is 5.82 Å². The highest BCUT2D eigenvalue weighted by atomic mass is 19.1. The summed E-state index contributed by atoms with van der Waals surface area (Å²) in [5, 5.41) is 3.17. The van der Waals surface area contributed by atoms with Crippen LogP contribution >= 0.6 is 0 Å². The molecule has 3 rings (SSSR count). The van der Waals surface area contributed by atoms with Crippen LogP contribution in [0.3, 0.4) is 0 Å². The lowest BCUT2D eigenvalue weighted by Crippen LogP contribution is -2.34. The minimum atomic E-state index is -0.581. The molecule has 0 aromatic heterocycles. The third kappa shape index (κ3) is 2.67. The molecular formula is C18H18FNO3. The van der Waals surface area contributed by atoms with E-state index in [1.165, 1.54) is 19.2 Å². The van der Waals surface area contributed by atoms with Crippen molar-refractivity contribution < 1.29 is 18.7 Å². The number of dihydropyridines is 1. The van der Waals surface area contributed by atoms with Gasteiger partial charge in [0, 0.05) is 29.3 Å². The number of carbonyl (C=O) groups is 2. The Morgan fingerprint density at radius 2 is 2.13 bits per heavy atom. The highest BCUT2D eigenvalue weighted by Gasteiger charge is 2.38. The molecule has 23 heavy (non-hydrogen) atoms. The van der Waals surface area contributed by atoms with Crippen molar-refractivity contribution in [3.8, 4) is 0 Å². The molecule has 1 aromatic rings. The Kier molecular flexibility index (Phi) is 4.03. The lowest BCUT2D eigenvalue weighted by atomic mass is 9.75. The Bertz CT molecular complexity index is 748. The first-order valence-corrected chi connectivity index (χ1v) is 7.60. The van der Waals surface area contributed by atoms with Crippen LogP contribution in [0.5, 0.6) is 0 Å². The van der Waals surface area contributed by atoms with Gasteiger partial charge in [-0.1, -0.05) is 12.1 Å². The minimum Gasteiger partial charge on any atom is -0.466 e. The van der Waals surface area contributed by atoms with Gasteiger partial charge in [-0.2, -0.15) is 0 Å². The number of methoxy groups -OCH3 is 1. The molecule has 4 nitrogen and oxygen atoms in total. The Morgan fingerprint density at radius 1 is 1.35 bits per heavy atom. The largest absolute Gasteiger partial charge is 0.466 e. The van der Waals surface area contributed by atoms with Gasteiger partial charge in [-0.05, 0) is 37.5 Å². The molecule has 2 aliphatic rings. The summed E-state index contributed by atoms with van der Waals surface area (Å²) in [7, 11) is 1.30. The summed E-state index contributed by atoms with van der Waals surface area (Å²) < 4.78 is 18.6. The van der Waals surface area contributed by atoms with Crippen molar-refractivity contribution >= 4 is 11.8 Å². The fourth-order valence-electron chi connectivity index (χ4n) is 3.38. The van der Waals surface area contributed by atoms with E-state index in [9.17, 15) is 14.0 Å². The van der Waals surface area contributed by atoms with E-state index >= 15 is 0 Å². The van der Waals surface area contributed by atoms with E-state index in [0.717, 1.165) is 18.5 Å². The van der Waals surface area contributed by atoms with E-state index < -0.39 is 17.7 Å². The van der Waals surface area contributed by atoms with Gasteiger partial charge in [-0.25, -0.2) is 9.18 Å². The number of Topliss-reactive ketones (excluding diaryl/α,β-unsaturated/α-hetero) is 1. The number of carbonyl (C=O) groups excluding carboxylic acids is 2. The Morgan fingerprint density at radius 3 is 2.83 bits per heavy atom. The maximum atomic E-state index is 13.7. The monoisotopic (exact) mass is 315 g/mol. The van der Waals surface area contributed by atoms with Gasteiger partial charge in [0.25, 0.3) is 0 Å². The van der Waals surface area contributed by atoms with Gasteiger partial charge in [0.2, 0.25) is 0 Å². The second-order valence-electron chi connectivity index (χ2n) is 5.81. The van der Waals surface area contributed by atoms with E-state index in [0.29, 0.717) is 28.8 Å². The maximum absolute atomic E-state index is 13.7. The smallest absolute Gasteiger partial charge is 0.336 e. The van der Waals surface area contributed by atoms with Crippen LogP contribution in [0.15, 0.2) is 46.8 Å². The number of halogens is 1. The molecule has 0 spiro atoms. The van der Waals surface area contributed by atoms with Crippen molar-refractivity contribution in [1.29, 1.82) is 0 Å². The van der Waals surface area contributed by atoms with Crippen molar-refractivity contribution in [3.05, 3.63) is 58.2 Å². The molecular weight excluding hydrogens is 297 g/mol. The molecule has 1 aromatic carbocycles. The normalized spacial score (nSPS) is 21.0. The van der Waals surface area contributed by atoms with Crippen molar-refractivity contribution in [3.63, 3.8) is 0 Å². The third-order valence-electron chi connectivity index (χ3n) is 4.36. The second kappa shape index (κ2) is 5.99. The molecule has 0 radical (unpaired) electrons. The highest BCUT2D eigenvalue weighted by Crippen LogP contribution is 2.42. The van der Waals surface area contributed by atoms with Crippen LogP contribution in [0.25, 0.3) is 0 Å². The topological polar surface area (TPSA) is 55.4 Å². The van der Waals surface area contributed by atoms with Crippen molar-refractivity contribution in [2.45, 2.75) is 32.1 Å². The van der Waals surface area contributed by atoms with Crippen molar-refractivity contribution in [2.24, 2.45) is 0 Å².